The molecule has 1 aliphatic heterocycles. The van der Waals surface area contributed by atoms with Crippen LogP contribution in [0.3, 0.4) is 0 Å². The second-order valence-electron chi connectivity index (χ2n) is 6.64. The summed E-state index contributed by atoms with van der Waals surface area (Å²) >= 11 is 0. The minimum atomic E-state index is -0.335. The third-order valence-electron chi connectivity index (χ3n) is 5.08. The number of aliphatic hydroxyl groups is 1. The van der Waals surface area contributed by atoms with Crippen molar-refractivity contribution in [1.29, 1.82) is 0 Å². The van der Waals surface area contributed by atoms with Crippen LogP contribution in [-0.4, -0.2) is 35.2 Å². The first-order valence-corrected chi connectivity index (χ1v) is 7.15. The molecule has 3 fully saturated rings. The molecule has 0 amide bonds. The second kappa shape index (κ2) is 3.99. The number of β-amino-alcohol motifs (C(OH)–C–C–N with tert-alkyl or cyclic N) is 1. The van der Waals surface area contributed by atoms with Crippen LogP contribution in [0.15, 0.2) is 0 Å². The van der Waals surface area contributed by atoms with Crippen LogP contribution in [0.4, 0.5) is 0 Å². The van der Waals surface area contributed by atoms with Crippen LogP contribution < -0.4 is 0 Å². The molecule has 16 heavy (non-hydrogen) atoms. The second-order valence-corrected chi connectivity index (χ2v) is 6.64. The van der Waals surface area contributed by atoms with Gasteiger partial charge in [-0.2, -0.15) is 0 Å². The van der Waals surface area contributed by atoms with E-state index in [-0.39, 0.29) is 5.60 Å². The molecule has 0 aromatic heterocycles. The minimum Gasteiger partial charge on any atom is -0.389 e. The monoisotopic (exact) mass is 223 g/mol. The third kappa shape index (κ3) is 2.02. The molecule has 0 aromatic carbocycles. The molecule has 3 aliphatic rings. The van der Waals surface area contributed by atoms with Crippen molar-refractivity contribution in [3.63, 3.8) is 0 Å². The highest BCUT2D eigenvalue weighted by Gasteiger charge is 2.46. The molecule has 0 aromatic rings. The highest BCUT2D eigenvalue weighted by atomic mass is 16.3. The van der Waals surface area contributed by atoms with Crippen LogP contribution in [0.25, 0.3) is 0 Å². The first-order chi connectivity index (χ1) is 7.70. The lowest BCUT2D eigenvalue weighted by molar-refractivity contribution is -0.0804. The zero-order valence-electron chi connectivity index (χ0n) is 10.4. The van der Waals surface area contributed by atoms with Gasteiger partial charge in [0.2, 0.25) is 0 Å². The van der Waals surface area contributed by atoms with Crippen LogP contribution >= 0.6 is 0 Å². The molecule has 92 valence electrons. The summed E-state index contributed by atoms with van der Waals surface area (Å²) in [6.07, 6.45) is 11.6. The summed E-state index contributed by atoms with van der Waals surface area (Å²) in [6, 6.07) is 0. The van der Waals surface area contributed by atoms with Crippen molar-refractivity contribution >= 4 is 0 Å². The fraction of sp³-hybridized carbons (Fsp3) is 1.00. The van der Waals surface area contributed by atoms with Gasteiger partial charge in [-0.3, -0.25) is 4.90 Å². The Bertz CT molecular complexity index is 243. The summed E-state index contributed by atoms with van der Waals surface area (Å²) in [5.74, 6) is 0. The molecule has 0 unspecified atom stereocenters. The first kappa shape index (κ1) is 11.0. The van der Waals surface area contributed by atoms with Gasteiger partial charge in [0.05, 0.1) is 5.60 Å². The lowest BCUT2D eigenvalue weighted by Crippen LogP contribution is -2.59. The summed E-state index contributed by atoms with van der Waals surface area (Å²) < 4.78 is 0. The molecule has 1 spiro atoms. The number of hydrogen-bond acceptors (Lipinski definition) is 2. The molecular weight excluding hydrogens is 198 g/mol. The molecule has 2 saturated carbocycles. The van der Waals surface area contributed by atoms with Crippen LogP contribution in [0.1, 0.15) is 57.8 Å². The van der Waals surface area contributed by atoms with Gasteiger partial charge >= 0.3 is 0 Å². The van der Waals surface area contributed by atoms with E-state index >= 15 is 0 Å². The van der Waals surface area contributed by atoms with E-state index in [1.54, 1.807) is 0 Å². The Morgan fingerprint density at radius 1 is 0.812 bits per heavy atom. The maximum atomic E-state index is 10.5. The lowest BCUT2D eigenvalue weighted by Gasteiger charge is -2.51. The van der Waals surface area contributed by atoms with Crippen molar-refractivity contribution in [3.05, 3.63) is 0 Å². The van der Waals surface area contributed by atoms with Crippen molar-refractivity contribution in [3.8, 4) is 0 Å². The Morgan fingerprint density at radius 3 is 2.00 bits per heavy atom. The van der Waals surface area contributed by atoms with Crippen LogP contribution in [-0.2, 0) is 0 Å². The minimum absolute atomic E-state index is 0.335. The summed E-state index contributed by atoms with van der Waals surface area (Å²) in [6.45, 7) is 3.50. The molecular formula is C14H25NO. The van der Waals surface area contributed by atoms with E-state index in [1.165, 1.54) is 58.0 Å². The average Bonchev–Trinajstić information content (AvgIpc) is 2.67. The summed E-state index contributed by atoms with van der Waals surface area (Å²) in [4.78, 5) is 2.51. The van der Waals surface area contributed by atoms with Crippen LogP contribution in [0, 0.1) is 5.41 Å². The van der Waals surface area contributed by atoms with Gasteiger partial charge in [-0.25, -0.2) is 0 Å². The third-order valence-corrected chi connectivity index (χ3v) is 5.08. The summed E-state index contributed by atoms with van der Waals surface area (Å²) in [5.41, 5.74) is 0.351. The van der Waals surface area contributed by atoms with Crippen molar-refractivity contribution in [1.82, 2.24) is 4.90 Å². The van der Waals surface area contributed by atoms with Crippen LogP contribution in [0.2, 0.25) is 0 Å². The topological polar surface area (TPSA) is 23.5 Å². The molecule has 3 rings (SSSR count). The quantitative estimate of drug-likeness (QED) is 0.777. The van der Waals surface area contributed by atoms with Gasteiger partial charge in [-0.05, 0) is 31.1 Å². The fourth-order valence-corrected chi connectivity index (χ4v) is 4.24. The van der Waals surface area contributed by atoms with E-state index in [0.29, 0.717) is 5.41 Å². The SMILES string of the molecule is OC1(CN2CC3(CCCC3)C2)CCCCC1. The Kier molecular flexibility index (Phi) is 2.75. The highest BCUT2D eigenvalue weighted by Crippen LogP contribution is 2.46. The Balaban J connectivity index is 1.49. The maximum absolute atomic E-state index is 10.5. The molecule has 2 heteroatoms. The van der Waals surface area contributed by atoms with Crippen LogP contribution in [0.5, 0.6) is 0 Å². The van der Waals surface area contributed by atoms with Gasteiger partial charge < -0.3 is 5.11 Å². The van der Waals surface area contributed by atoms with E-state index in [1.807, 2.05) is 0 Å². The van der Waals surface area contributed by atoms with Gasteiger partial charge in [-0.15, -0.1) is 0 Å². The van der Waals surface area contributed by atoms with Gasteiger partial charge in [-0.1, -0.05) is 32.1 Å². The van der Waals surface area contributed by atoms with Crippen molar-refractivity contribution < 1.29 is 5.11 Å². The van der Waals surface area contributed by atoms with Crippen molar-refractivity contribution in [2.24, 2.45) is 5.41 Å². The molecule has 1 saturated heterocycles. The zero-order chi connectivity index (χ0) is 11.1. The summed E-state index contributed by atoms with van der Waals surface area (Å²) in [7, 11) is 0. The van der Waals surface area contributed by atoms with Gasteiger partial charge in [0.15, 0.2) is 0 Å². The molecule has 0 radical (unpaired) electrons. The Labute approximate surface area is 99.0 Å². The lowest BCUT2D eigenvalue weighted by atomic mass is 9.76. The number of nitrogens with zero attached hydrogens (tertiary/aromatic N) is 1. The zero-order valence-corrected chi connectivity index (χ0v) is 10.4. The Morgan fingerprint density at radius 2 is 1.38 bits per heavy atom. The molecule has 0 atom stereocenters. The van der Waals surface area contributed by atoms with Gasteiger partial charge in [0.25, 0.3) is 0 Å². The fourth-order valence-electron chi connectivity index (χ4n) is 4.24. The average molecular weight is 223 g/mol. The van der Waals surface area contributed by atoms with Crippen molar-refractivity contribution in [2.45, 2.75) is 63.4 Å². The van der Waals surface area contributed by atoms with Crippen molar-refractivity contribution in [2.75, 3.05) is 19.6 Å². The normalized spacial score (nSPS) is 32.8. The van der Waals surface area contributed by atoms with E-state index in [4.69, 9.17) is 0 Å². The largest absolute Gasteiger partial charge is 0.389 e. The smallest absolute Gasteiger partial charge is 0.0774 e. The standard InChI is InChI=1S/C14H25NO/c16-14(8-2-1-3-9-14)12-15-10-13(11-15)6-4-5-7-13/h16H,1-12H2. The van der Waals surface area contributed by atoms with E-state index < -0.39 is 0 Å². The molecule has 2 nitrogen and oxygen atoms in total. The highest BCUT2D eigenvalue weighted by molar-refractivity contribution is 5.00. The number of hydrogen-bond donors (Lipinski definition) is 1. The van der Waals surface area contributed by atoms with E-state index in [2.05, 4.69) is 4.90 Å². The predicted octanol–water partition coefficient (Wildman–Crippen LogP) is 2.56. The molecule has 0 bridgehead atoms. The van der Waals surface area contributed by atoms with Gasteiger partial charge in [0.1, 0.15) is 0 Å². The van der Waals surface area contributed by atoms with E-state index in [9.17, 15) is 5.11 Å². The maximum Gasteiger partial charge on any atom is 0.0774 e. The molecule has 1 N–H and O–H groups in total. The summed E-state index contributed by atoms with van der Waals surface area (Å²) in [5, 5.41) is 10.5. The first-order valence-electron chi connectivity index (χ1n) is 7.15. The predicted molar refractivity (Wildman–Crippen MR) is 65.4 cm³/mol. The Hall–Kier alpha value is -0.0800. The van der Waals surface area contributed by atoms with E-state index in [0.717, 1.165) is 19.4 Å². The number of rotatable bonds is 2. The number of likely N-dealkylation sites (tertiary alicyclic amines) is 1. The molecule has 2 aliphatic carbocycles. The molecule has 1 heterocycles. The van der Waals surface area contributed by atoms with Gasteiger partial charge in [0, 0.05) is 19.6 Å².